The summed E-state index contributed by atoms with van der Waals surface area (Å²) < 4.78 is 18.5. The van der Waals surface area contributed by atoms with Gasteiger partial charge in [-0.05, 0) is 44.4 Å². The van der Waals surface area contributed by atoms with Crippen LogP contribution in [0.1, 0.15) is 44.6 Å². The Hall–Kier alpha value is -2.70. The van der Waals surface area contributed by atoms with Crippen molar-refractivity contribution in [1.82, 2.24) is 10.2 Å². The second kappa shape index (κ2) is 7.90. The molecule has 2 amide bonds. The summed E-state index contributed by atoms with van der Waals surface area (Å²) in [7, 11) is 0. The van der Waals surface area contributed by atoms with E-state index in [4.69, 9.17) is 4.74 Å². The molecule has 0 spiro atoms. The molecule has 0 bridgehead atoms. The average molecular weight is 374 g/mol. The van der Waals surface area contributed by atoms with Gasteiger partial charge in [0.2, 0.25) is 11.8 Å². The third-order valence-corrected chi connectivity index (χ3v) is 4.83. The first-order valence-corrected chi connectivity index (χ1v) is 9.13. The number of nitrogens with zero attached hydrogens (tertiary/aromatic N) is 1. The highest BCUT2D eigenvalue weighted by Gasteiger charge is 2.38. The number of hydrogen-bond acceptors (Lipinski definition) is 4. The molecule has 1 saturated carbocycles. The molecule has 1 fully saturated rings. The highest BCUT2D eigenvalue weighted by molar-refractivity contribution is 5.97. The van der Waals surface area contributed by atoms with E-state index >= 15 is 0 Å². The van der Waals surface area contributed by atoms with Crippen molar-refractivity contribution in [2.24, 2.45) is 0 Å². The van der Waals surface area contributed by atoms with Gasteiger partial charge in [0.15, 0.2) is 0 Å². The number of rotatable bonds is 6. The molecule has 1 unspecified atom stereocenters. The van der Waals surface area contributed by atoms with Crippen molar-refractivity contribution < 1.29 is 23.5 Å². The Kier molecular flexibility index (Phi) is 5.58. The van der Waals surface area contributed by atoms with Crippen LogP contribution in [0.5, 0.6) is 0 Å². The Morgan fingerprint density at radius 1 is 1.26 bits per heavy atom. The predicted molar refractivity (Wildman–Crippen MR) is 96.0 cm³/mol. The molecule has 1 atom stereocenters. The van der Waals surface area contributed by atoms with Gasteiger partial charge in [-0.25, -0.2) is 9.18 Å². The number of nitrogens with one attached hydrogen (secondary N) is 1. The Balaban J connectivity index is 1.92. The standard InChI is InChI=1S/C20H23FN2O4/c1-3-27-20(26)19-12(2)23(11-17(24)22-15-8-9-15)18(25)10-16(19)13-4-6-14(21)7-5-13/h4-7,15-16H,3,8-11H2,1-2H3,(H,22,24). The molecule has 27 heavy (non-hydrogen) atoms. The molecular formula is C20H23FN2O4. The number of halogens is 1. The zero-order valence-corrected chi connectivity index (χ0v) is 15.5. The quantitative estimate of drug-likeness (QED) is 0.775. The number of esters is 1. The fourth-order valence-corrected chi connectivity index (χ4v) is 3.30. The van der Waals surface area contributed by atoms with Gasteiger partial charge in [0, 0.05) is 24.1 Å². The van der Waals surface area contributed by atoms with Crippen LogP contribution in [0.15, 0.2) is 35.5 Å². The van der Waals surface area contributed by atoms with E-state index in [0.717, 1.165) is 12.8 Å². The fourth-order valence-electron chi connectivity index (χ4n) is 3.30. The molecule has 0 radical (unpaired) electrons. The van der Waals surface area contributed by atoms with E-state index in [-0.39, 0.29) is 37.4 Å². The van der Waals surface area contributed by atoms with Crippen LogP contribution in [0.2, 0.25) is 0 Å². The summed E-state index contributed by atoms with van der Waals surface area (Å²) in [5, 5.41) is 2.85. The minimum absolute atomic E-state index is 0.0217. The SMILES string of the molecule is CCOC(=O)C1=C(C)N(CC(=O)NC2CC2)C(=O)CC1c1ccc(F)cc1. The third kappa shape index (κ3) is 4.35. The molecule has 1 N–H and O–H groups in total. The first kappa shape index (κ1) is 19.1. The Bertz CT molecular complexity index is 784. The highest BCUT2D eigenvalue weighted by atomic mass is 19.1. The molecule has 144 valence electrons. The summed E-state index contributed by atoms with van der Waals surface area (Å²) in [6.45, 7) is 3.42. The maximum Gasteiger partial charge on any atom is 0.336 e. The molecule has 7 heteroatoms. The average Bonchev–Trinajstić information content (AvgIpc) is 3.43. The van der Waals surface area contributed by atoms with Crippen LogP contribution >= 0.6 is 0 Å². The Labute approximate surface area is 157 Å². The van der Waals surface area contributed by atoms with E-state index < -0.39 is 17.7 Å². The smallest absolute Gasteiger partial charge is 0.336 e. The van der Waals surface area contributed by atoms with Gasteiger partial charge in [0.1, 0.15) is 12.4 Å². The fraction of sp³-hybridized carbons (Fsp3) is 0.450. The predicted octanol–water partition coefficient (Wildman–Crippen LogP) is 2.26. The Morgan fingerprint density at radius 3 is 2.52 bits per heavy atom. The molecule has 1 aromatic rings. The molecule has 1 aliphatic heterocycles. The summed E-state index contributed by atoms with van der Waals surface area (Å²) in [5.41, 5.74) is 1.40. The lowest BCUT2D eigenvalue weighted by molar-refractivity contribution is -0.141. The Morgan fingerprint density at radius 2 is 1.93 bits per heavy atom. The zero-order valence-electron chi connectivity index (χ0n) is 15.5. The van der Waals surface area contributed by atoms with E-state index in [1.54, 1.807) is 26.0 Å². The molecule has 1 heterocycles. The maximum atomic E-state index is 13.3. The largest absolute Gasteiger partial charge is 0.463 e. The van der Waals surface area contributed by atoms with Crippen LogP contribution in [0.4, 0.5) is 4.39 Å². The molecule has 1 aromatic carbocycles. The summed E-state index contributed by atoms with van der Waals surface area (Å²) in [6.07, 6.45) is 1.93. The van der Waals surface area contributed by atoms with Crippen molar-refractivity contribution in [3.8, 4) is 0 Å². The van der Waals surface area contributed by atoms with Gasteiger partial charge >= 0.3 is 5.97 Å². The van der Waals surface area contributed by atoms with Gasteiger partial charge in [-0.15, -0.1) is 0 Å². The maximum absolute atomic E-state index is 13.3. The number of amides is 2. The molecule has 0 aromatic heterocycles. The van der Waals surface area contributed by atoms with Crippen molar-refractivity contribution >= 4 is 17.8 Å². The van der Waals surface area contributed by atoms with Crippen molar-refractivity contribution in [3.63, 3.8) is 0 Å². The van der Waals surface area contributed by atoms with E-state index in [9.17, 15) is 18.8 Å². The molecule has 3 rings (SSSR count). The molecule has 2 aliphatic rings. The number of benzene rings is 1. The van der Waals surface area contributed by atoms with Crippen LogP contribution in [-0.2, 0) is 19.1 Å². The van der Waals surface area contributed by atoms with E-state index in [0.29, 0.717) is 16.8 Å². The van der Waals surface area contributed by atoms with Crippen LogP contribution < -0.4 is 5.32 Å². The number of ether oxygens (including phenoxy) is 1. The van der Waals surface area contributed by atoms with Crippen LogP contribution in [0.3, 0.4) is 0 Å². The number of hydrogen-bond donors (Lipinski definition) is 1. The first-order valence-electron chi connectivity index (χ1n) is 9.13. The molecule has 0 saturated heterocycles. The van der Waals surface area contributed by atoms with Gasteiger partial charge in [-0.3, -0.25) is 9.59 Å². The minimum atomic E-state index is -0.528. The van der Waals surface area contributed by atoms with Gasteiger partial charge in [-0.2, -0.15) is 0 Å². The second-order valence-corrected chi connectivity index (χ2v) is 6.85. The summed E-state index contributed by atoms with van der Waals surface area (Å²) in [5.74, 6) is -1.93. The van der Waals surface area contributed by atoms with Crippen molar-refractivity contribution in [2.75, 3.05) is 13.2 Å². The third-order valence-electron chi connectivity index (χ3n) is 4.83. The van der Waals surface area contributed by atoms with Gasteiger partial charge < -0.3 is 15.0 Å². The van der Waals surface area contributed by atoms with E-state index in [1.165, 1.54) is 17.0 Å². The topological polar surface area (TPSA) is 75.7 Å². The monoisotopic (exact) mass is 374 g/mol. The van der Waals surface area contributed by atoms with Gasteiger partial charge in [0.05, 0.1) is 12.2 Å². The number of carbonyl (C=O) groups excluding carboxylic acids is 3. The lowest BCUT2D eigenvalue weighted by Crippen LogP contribution is -2.44. The summed E-state index contributed by atoms with van der Waals surface area (Å²) in [6, 6.07) is 5.92. The summed E-state index contributed by atoms with van der Waals surface area (Å²) >= 11 is 0. The molecule has 1 aliphatic carbocycles. The normalized spacial score (nSPS) is 19.9. The van der Waals surface area contributed by atoms with Crippen LogP contribution in [-0.4, -0.2) is 41.9 Å². The van der Waals surface area contributed by atoms with Gasteiger partial charge in [-0.1, -0.05) is 12.1 Å². The van der Waals surface area contributed by atoms with Crippen LogP contribution in [0.25, 0.3) is 0 Å². The lowest BCUT2D eigenvalue weighted by Gasteiger charge is -2.34. The molecular weight excluding hydrogens is 351 g/mol. The zero-order chi connectivity index (χ0) is 19.6. The first-order chi connectivity index (χ1) is 12.9. The van der Waals surface area contributed by atoms with Gasteiger partial charge in [0.25, 0.3) is 0 Å². The van der Waals surface area contributed by atoms with E-state index in [2.05, 4.69) is 5.32 Å². The van der Waals surface area contributed by atoms with Crippen molar-refractivity contribution in [1.29, 1.82) is 0 Å². The van der Waals surface area contributed by atoms with Crippen molar-refractivity contribution in [3.05, 3.63) is 46.9 Å². The number of carbonyl (C=O) groups is 3. The van der Waals surface area contributed by atoms with E-state index in [1.807, 2.05) is 0 Å². The minimum Gasteiger partial charge on any atom is -0.463 e. The number of allylic oxidation sites excluding steroid dienone is 1. The van der Waals surface area contributed by atoms with Crippen molar-refractivity contribution in [2.45, 2.75) is 45.1 Å². The van der Waals surface area contributed by atoms with Crippen LogP contribution in [0, 0.1) is 5.82 Å². The lowest BCUT2D eigenvalue weighted by atomic mass is 9.83. The second-order valence-electron chi connectivity index (χ2n) is 6.85. The summed E-state index contributed by atoms with van der Waals surface area (Å²) in [4.78, 5) is 38.8. The highest BCUT2D eigenvalue weighted by Crippen LogP contribution is 2.37. The molecule has 6 nitrogen and oxygen atoms in total.